The number of nitrogens with zero attached hydrogens (tertiary/aromatic N) is 1. The molecular formula is C14H14N2O3. The summed E-state index contributed by atoms with van der Waals surface area (Å²) in [5.74, 6) is 0.156. The first-order valence-corrected chi connectivity index (χ1v) is 5.77. The van der Waals surface area contributed by atoms with Gasteiger partial charge in [0.05, 0.1) is 0 Å². The highest BCUT2D eigenvalue weighted by Gasteiger charge is 2.04. The molecule has 0 saturated heterocycles. The molecule has 0 amide bonds. The number of pyridine rings is 1. The maximum absolute atomic E-state index is 11.5. The van der Waals surface area contributed by atoms with Crippen LogP contribution in [0.3, 0.4) is 0 Å². The van der Waals surface area contributed by atoms with Gasteiger partial charge in [-0.2, -0.15) is 0 Å². The zero-order valence-electron chi connectivity index (χ0n) is 10.3. The summed E-state index contributed by atoms with van der Waals surface area (Å²) >= 11 is 0. The number of esters is 1. The number of hydrogen-bond acceptors (Lipinski definition) is 5. The molecule has 0 radical (unpaired) electrons. The number of carbonyl (C=O) groups excluding carboxylic acids is 1. The van der Waals surface area contributed by atoms with Gasteiger partial charge in [0.1, 0.15) is 12.4 Å². The minimum absolute atomic E-state index is 0.130. The number of rotatable bonds is 5. The summed E-state index contributed by atoms with van der Waals surface area (Å²) in [5.41, 5.74) is 7.07. The Bertz CT molecular complexity index is 526. The topological polar surface area (TPSA) is 74.4 Å². The van der Waals surface area contributed by atoms with Crippen LogP contribution in [0.4, 0.5) is 5.69 Å². The molecular weight excluding hydrogens is 244 g/mol. The SMILES string of the molecule is Nc1ccc(OCC(=O)OCc2ccncc2)cc1. The number of anilines is 1. The van der Waals surface area contributed by atoms with Crippen LogP contribution in [0.25, 0.3) is 0 Å². The Labute approximate surface area is 111 Å². The van der Waals surface area contributed by atoms with Gasteiger partial charge in [-0.25, -0.2) is 4.79 Å². The van der Waals surface area contributed by atoms with E-state index in [0.717, 1.165) is 5.56 Å². The first kappa shape index (κ1) is 12.9. The van der Waals surface area contributed by atoms with Gasteiger partial charge in [0.25, 0.3) is 0 Å². The Morgan fingerprint density at radius 1 is 1.11 bits per heavy atom. The fourth-order valence-corrected chi connectivity index (χ4v) is 1.39. The van der Waals surface area contributed by atoms with Gasteiger partial charge in [-0.3, -0.25) is 4.98 Å². The smallest absolute Gasteiger partial charge is 0.344 e. The quantitative estimate of drug-likeness (QED) is 0.653. The van der Waals surface area contributed by atoms with Crippen molar-refractivity contribution in [3.8, 4) is 5.75 Å². The molecule has 0 saturated carbocycles. The molecule has 5 heteroatoms. The molecule has 98 valence electrons. The summed E-state index contributed by atoms with van der Waals surface area (Å²) in [6, 6.07) is 10.4. The largest absolute Gasteiger partial charge is 0.482 e. The molecule has 0 aliphatic carbocycles. The predicted octanol–water partition coefficient (Wildman–Crippen LogP) is 1.79. The van der Waals surface area contributed by atoms with Crippen molar-refractivity contribution in [2.24, 2.45) is 0 Å². The predicted molar refractivity (Wildman–Crippen MR) is 70.4 cm³/mol. The van der Waals surface area contributed by atoms with E-state index in [-0.39, 0.29) is 13.2 Å². The minimum atomic E-state index is -0.423. The second-order valence-electron chi connectivity index (χ2n) is 3.87. The third kappa shape index (κ3) is 4.31. The van der Waals surface area contributed by atoms with Crippen molar-refractivity contribution in [3.05, 3.63) is 54.4 Å². The van der Waals surface area contributed by atoms with Gasteiger partial charge in [-0.05, 0) is 42.0 Å². The molecule has 2 N–H and O–H groups in total. The van der Waals surface area contributed by atoms with Crippen LogP contribution in [0, 0.1) is 0 Å². The lowest BCUT2D eigenvalue weighted by Crippen LogP contribution is -2.14. The number of benzene rings is 1. The van der Waals surface area contributed by atoms with Crippen LogP contribution >= 0.6 is 0 Å². The maximum Gasteiger partial charge on any atom is 0.344 e. The van der Waals surface area contributed by atoms with E-state index < -0.39 is 5.97 Å². The summed E-state index contributed by atoms with van der Waals surface area (Å²) in [6.07, 6.45) is 3.29. The van der Waals surface area contributed by atoms with E-state index in [4.69, 9.17) is 15.2 Å². The molecule has 1 aromatic carbocycles. The summed E-state index contributed by atoms with van der Waals surface area (Å²) in [5, 5.41) is 0. The molecule has 0 atom stereocenters. The second kappa shape index (κ2) is 6.39. The molecule has 0 aliphatic heterocycles. The van der Waals surface area contributed by atoms with Crippen molar-refractivity contribution in [2.45, 2.75) is 6.61 Å². The zero-order valence-corrected chi connectivity index (χ0v) is 10.3. The van der Waals surface area contributed by atoms with Crippen molar-refractivity contribution in [2.75, 3.05) is 12.3 Å². The number of nitrogens with two attached hydrogens (primary N) is 1. The fourth-order valence-electron chi connectivity index (χ4n) is 1.39. The lowest BCUT2D eigenvalue weighted by Gasteiger charge is -2.07. The van der Waals surface area contributed by atoms with E-state index in [2.05, 4.69) is 4.98 Å². The Kier molecular flexibility index (Phi) is 4.34. The van der Waals surface area contributed by atoms with Gasteiger partial charge in [0, 0.05) is 18.1 Å². The Balaban J connectivity index is 1.74. The Morgan fingerprint density at radius 2 is 1.79 bits per heavy atom. The van der Waals surface area contributed by atoms with Crippen molar-refractivity contribution in [1.82, 2.24) is 4.98 Å². The van der Waals surface area contributed by atoms with E-state index in [1.165, 1.54) is 0 Å². The molecule has 2 aromatic rings. The number of hydrogen-bond donors (Lipinski definition) is 1. The average Bonchev–Trinajstić information content (AvgIpc) is 2.45. The van der Waals surface area contributed by atoms with Gasteiger partial charge >= 0.3 is 5.97 Å². The lowest BCUT2D eigenvalue weighted by molar-refractivity contribution is -0.147. The molecule has 0 bridgehead atoms. The van der Waals surface area contributed by atoms with Crippen molar-refractivity contribution in [1.29, 1.82) is 0 Å². The molecule has 0 spiro atoms. The molecule has 1 heterocycles. The monoisotopic (exact) mass is 258 g/mol. The molecule has 2 rings (SSSR count). The second-order valence-corrected chi connectivity index (χ2v) is 3.87. The summed E-state index contributed by atoms with van der Waals surface area (Å²) in [6.45, 7) is 0.0848. The van der Waals surface area contributed by atoms with E-state index in [1.807, 2.05) is 0 Å². The first-order valence-electron chi connectivity index (χ1n) is 5.77. The van der Waals surface area contributed by atoms with Crippen LogP contribution in [-0.4, -0.2) is 17.6 Å². The zero-order chi connectivity index (χ0) is 13.5. The Morgan fingerprint density at radius 3 is 2.47 bits per heavy atom. The summed E-state index contributed by atoms with van der Waals surface area (Å²) in [4.78, 5) is 15.3. The molecule has 0 fully saturated rings. The standard InChI is InChI=1S/C14H14N2O3/c15-12-1-3-13(4-2-12)18-10-14(17)19-9-11-5-7-16-8-6-11/h1-8H,9-10,15H2. The molecule has 1 aromatic heterocycles. The van der Waals surface area contributed by atoms with Crippen molar-refractivity contribution < 1.29 is 14.3 Å². The molecule has 19 heavy (non-hydrogen) atoms. The normalized spacial score (nSPS) is 9.89. The van der Waals surface area contributed by atoms with Crippen LogP contribution in [0.1, 0.15) is 5.56 Å². The maximum atomic E-state index is 11.5. The highest BCUT2D eigenvalue weighted by atomic mass is 16.6. The number of ether oxygens (including phenoxy) is 2. The number of carbonyl (C=O) groups is 1. The molecule has 0 aliphatic rings. The van der Waals surface area contributed by atoms with Crippen LogP contribution in [0.5, 0.6) is 5.75 Å². The minimum Gasteiger partial charge on any atom is -0.482 e. The summed E-state index contributed by atoms with van der Waals surface area (Å²) < 4.78 is 10.3. The van der Waals surface area contributed by atoms with Crippen LogP contribution < -0.4 is 10.5 Å². The molecule has 5 nitrogen and oxygen atoms in total. The number of aromatic nitrogens is 1. The summed E-state index contributed by atoms with van der Waals surface area (Å²) in [7, 11) is 0. The van der Waals surface area contributed by atoms with E-state index in [9.17, 15) is 4.79 Å². The highest BCUT2D eigenvalue weighted by Crippen LogP contribution is 2.12. The Hall–Kier alpha value is -2.56. The van der Waals surface area contributed by atoms with Crippen LogP contribution in [-0.2, 0) is 16.1 Å². The fraction of sp³-hybridized carbons (Fsp3) is 0.143. The van der Waals surface area contributed by atoms with Gasteiger partial charge in [-0.1, -0.05) is 0 Å². The van der Waals surface area contributed by atoms with E-state index >= 15 is 0 Å². The van der Waals surface area contributed by atoms with Crippen molar-refractivity contribution in [3.63, 3.8) is 0 Å². The number of nitrogen functional groups attached to an aromatic ring is 1. The van der Waals surface area contributed by atoms with Crippen LogP contribution in [0.2, 0.25) is 0 Å². The van der Waals surface area contributed by atoms with Gasteiger partial charge in [0.15, 0.2) is 6.61 Å². The highest BCUT2D eigenvalue weighted by molar-refractivity contribution is 5.71. The van der Waals surface area contributed by atoms with E-state index in [0.29, 0.717) is 11.4 Å². The van der Waals surface area contributed by atoms with Gasteiger partial charge < -0.3 is 15.2 Å². The van der Waals surface area contributed by atoms with Crippen molar-refractivity contribution >= 4 is 11.7 Å². The van der Waals surface area contributed by atoms with Gasteiger partial charge in [0.2, 0.25) is 0 Å². The lowest BCUT2D eigenvalue weighted by atomic mass is 10.3. The molecule has 0 unspecified atom stereocenters. The van der Waals surface area contributed by atoms with Gasteiger partial charge in [-0.15, -0.1) is 0 Å². The average molecular weight is 258 g/mol. The van der Waals surface area contributed by atoms with Crippen LogP contribution in [0.15, 0.2) is 48.8 Å². The first-order chi connectivity index (χ1) is 9.24. The van der Waals surface area contributed by atoms with E-state index in [1.54, 1.807) is 48.8 Å². The third-order valence-electron chi connectivity index (χ3n) is 2.39. The third-order valence-corrected chi connectivity index (χ3v) is 2.39.